The number of oxime groups is 1. The van der Waals surface area contributed by atoms with Crippen LogP contribution in [0.25, 0.3) is 10.4 Å². The molecule has 206 valence electrons. The number of carbonyl (C=O) groups excluding carboxylic acids is 1. The number of rotatable bonds is 12. The van der Waals surface area contributed by atoms with Crippen molar-refractivity contribution in [2.24, 2.45) is 15.5 Å². The standard InChI is InChI=1S/C22H28FN5O4S.2C2H6/c1-14(2)25-27-28(3)11-17(31-13-30)10-24-15-4-5-18(19(23)8-15)21-6-7-22(33-21)20-9-16(12-29)32-26-20;2*1-2/h4-8,13-14,16-17,24,29H,9-12H2,1-3H3;2*1-2H3. The molecule has 0 saturated heterocycles. The lowest BCUT2D eigenvalue weighted by molar-refractivity contribution is -0.133. The fourth-order valence-corrected chi connectivity index (χ4v) is 4.15. The number of hydrogen-bond donors (Lipinski definition) is 2. The number of halogens is 1. The normalized spacial score (nSPS) is 15.1. The molecule has 3 rings (SSSR count). The first-order chi connectivity index (χ1) is 17.9. The minimum Gasteiger partial charge on any atom is -0.461 e. The molecular weight excluding hydrogens is 497 g/mol. The van der Waals surface area contributed by atoms with Crippen LogP contribution in [-0.4, -0.2) is 67.3 Å². The van der Waals surface area contributed by atoms with Crippen LogP contribution < -0.4 is 5.32 Å². The summed E-state index contributed by atoms with van der Waals surface area (Å²) < 4.78 is 20.0. The molecule has 9 nitrogen and oxygen atoms in total. The van der Waals surface area contributed by atoms with E-state index in [0.717, 1.165) is 15.5 Å². The van der Waals surface area contributed by atoms with Crippen molar-refractivity contribution in [2.45, 2.75) is 66.2 Å². The molecule has 1 aliphatic heterocycles. The van der Waals surface area contributed by atoms with E-state index in [2.05, 4.69) is 20.8 Å². The number of nitrogens with zero attached hydrogens (tertiary/aromatic N) is 4. The van der Waals surface area contributed by atoms with Gasteiger partial charge in [0.15, 0.2) is 6.10 Å². The van der Waals surface area contributed by atoms with Crippen LogP contribution in [0.5, 0.6) is 0 Å². The Kier molecular flexibility index (Phi) is 15.1. The average Bonchev–Trinajstić information content (AvgIpc) is 3.58. The summed E-state index contributed by atoms with van der Waals surface area (Å²) in [6, 6.07) is 8.67. The first-order valence-electron chi connectivity index (χ1n) is 12.6. The highest BCUT2D eigenvalue weighted by molar-refractivity contribution is 7.17. The Morgan fingerprint density at radius 1 is 1.27 bits per heavy atom. The third-order valence-corrected chi connectivity index (χ3v) is 5.91. The summed E-state index contributed by atoms with van der Waals surface area (Å²) in [5, 5.41) is 26.0. The lowest BCUT2D eigenvalue weighted by atomic mass is 10.1. The van der Waals surface area contributed by atoms with Gasteiger partial charge < -0.3 is 20.0 Å². The molecule has 11 heteroatoms. The fourth-order valence-electron chi connectivity index (χ4n) is 3.12. The van der Waals surface area contributed by atoms with Crippen molar-refractivity contribution in [1.82, 2.24) is 5.01 Å². The Morgan fingerprint density at radius 2 is 1.97 bits per heavy atom. The summed E-state index contributed by atoms with van der Waals surface area (Å²) >= 11 is 1.42. The highest BCUT2D eigenvalue weighted by atomic mass is 32.1. The van der Waals surface area contributed by atoms with E-state index in [-0.39, 0.29) is 31.1 Å². The fraction of sp³-hybridized carbons (Fsp3) is 0.538. The van der Waals surface area contributed by atoms with E-state index in [4.69, 9.17) is 9.57 Å². The maximum atomic E-state index is 14.9. The lowest BCUT2D eigenvalue weighted by Gasteiger charge is -2.21. The first kappa shape index (κ1) is 32.0. The van der Waals surface area contributed by atoms with Crippen molar-refractivity contribution in [1.29, 1.82) is 0 Å². The molecule has 1 aliphatic rings. The summed E-state index contributed by atoms with van der Waals surface area (Å²) in [6.07, 6.45) is -0.282. The Hall–Kier alpha value is -3.05. The van der Waals surface area contributed by atoms with Crippen molar-refractivity contribution in [3.63, 3.8) is 0 Å². The van der Waals surface area contributed by atoms with Gasteiger partial charge in [-0.3, -0.25) is 9.80 Å². The molecule has 0 fully saturated rings. The molecule has 2 heterocycles. The number of nitrogens with one attached hydrogen (secondary N) is 1. The third kappa shape index (κ3) is 10.5. The number of ether oxygens (including phenoxy) is 1. The van der Waals surface area contributed by atoms with E-state index in [1.54, 1.807) is 24.2 Å². The van der Waals surface area contributed by atoms with Gasteiger partial charge in [0.2, 0.25) is 0 Å². The number of hydrogen-bond acceptors (Lipinski definition) is 9. The number of anilines is 1. The van der Waals surface area contributed by atoms with Crippen LogP contribution in [0.2, 0.25) is 0 Å². The van der Waals surface area contributed by atoms with Gasteiger partial charge in [-0.15, -0.1) is 11.3 Å². The molecule has 0 radical (unpaired) electrons. The van der Waals surface area contributed by atoms with Crippen molar-refractivity contribution < 1.29 is 23.9 Å². The van der Waals surface area contributed by atoms with E-state index in [0.29, 0.717) is 30.7 Å². The van der Waals surface area contributed by atoms with Crippen molar-refractivity contribution in [3.8, 4) is 10.4 Å². The molecule has 2 N–H and O–H groups in total. The van der Waals surface area contributed by atoms with Crippen LogP contribution >= 0.6 is 11.3 Å². The predicted molar refractivity (Wildman–Crippen MR) is 148 cm³/mol. The van der Waals surface area contributed by atoms with E-state index in [1.165, 1.54) is 17.4 Å². The number of aliphatic hydroxyl groups is 1. The quantitative estimate of drug-likeness (QED) is 0.203. The molecule has 0 amide bonds. The van der Waals surface area contributed by atoms with Gasteiger partial charge in [0.1, 0.15) is 17.6 Å². The van der Waals surface area contributed by atoms with Crippen molar-refractivity contribution in [3.05, 3.63) is 41.0 Å². The van der Waals surface area contributed by atoms with Crippen LogP contribution in [0, 0.1) is 5.82 Å². The molecule has 37 heavy (non-hydrogen) atoms. The smallest absolute Gasteiger partial charge is 0.293 e. The Balaban J connectivity index is 0.00000163. The van der Waals surface area contributed by atoms with Gasteiger partial charge in [-0.2, -0.15) is 5.11 Å². The summed E-state index contributed by atoms with van der Waals surface area (Å²) in [7, 11) is 1.74. The number of benzene rings is 1. The van der Waals surface area contributed by atoms with Crippen LogP contribution in [0.15, 0.2) is 45.8 Å². The summed E-state index contributed by atoms with van der Waals surface area (Å²) in [5.41, 5.74) is 1.80. The Bertz CT molecular complexity index is 999. The molecule has 0 saturated carbocycles. The number of likely N-dealkylation sites (N-methyl/N-ethyl adjacent to an activating group) is 1. The first-order valence-corrected chi connectivity index (χ1v) is 13.4. The Morgan fingerprint density at radius 3 is 2.57 bits per heavy atom. The minimum atomic E-state index is -0.488. The molecule has 2 aromatic rings. The summed E-state index contributed by atoms with van der Waals surface area (Å²) in [4.78, 5) is 17.7. The van der Waals surface area contributed by atoms with Gasteiger partial charge >= 0.3 is 0 Å². The highest BCUT2D eigenvalue weighted by Crippen LogP contribution is 2.33. The molecule has 0 spiro atoms. The molecule has 2 atom stereocenters. The number of aliphatic hydroxyl groups excluding tert-OH is 1. The number of thiophene rings is 1. The average molecular weight is 538 g/mol. The maximum Gasteiger partial charge on any atom is 0.293 e. The maximum absolute atomic E-state index is 14.9. The van der Waals surface area contributed by atoms with Gasteiger partial charge in [-0.25, -0.2) is 4.39 Å². The third-order valence-electron chi connectivity index (χ3n) is 4.75. The minimum absolute atomic E-state index is 0.0638. The number of carbonyl (C=O) groups is 1. The van der Waals surface area contributed by atoms with E-state index >= 15 is 0 Å². The van der Waals surface area contributed by atoms with Crippen LogP contribution in [0.4, 0.5) is 10.1 Å². The second-order valence-corrected chi connectivity index (χ2v) is 8.97. The Labute approximate surface area is 223 Å². The zero-order chi connectivity index (χ0) is 27.8. The summed E-state index contributed by atoms with van der Waals surface area (Å²) in [5.74, 6) is -0.373. The molecule has 0 aliphatic carbocycles. The zero-order valence-corrected chi connectivity index (χ0v) is 23.6. The monoisotopic (exact) mass is 537 g/mol. The molecular formula is C26H40FN5O4S. The molecule has 0 bridgehead atoms. The van der Waals surface area contributed by atoms with Gasteiger partial charge in [-0.05, 0) is 44.2 Å². The second-order valence-electron chi connectivity index (χ2n) is 7.88. The molecule has 1 aromatic carbocycles. The van der Waals surface area contributed by atoms with Crippen LogP contribution in [0.1, 0.15) is 52.8 Å². The topological polar surface area (TPSA) is 108 Å². The van der Waals surface area contributed by atoms with Gasteiger partial charge in [-0.1, -0.05) is 38.1 Å². The lowest BCUT2D eigenvalue weighted by Crippen LogP contribution is -2.33. The zero-order valence-electron chi connectivity index (χ0n) is 22.8. The predicted octanol–water partition coefficient (Wildman–Crippen LogP) is 5.75. The van der Waals surface area contributed by atoms with E-state index in [1.807, 2.05) is 53.7 Å². The molecule has 1 aromatic heterocycles. The summed E-state index contributed by atoms with van der Waals surface area (Å²) in [6.45, 7) is 12.7. The van der Waals surface area contributed by atoms with Crippen molar-refractivity contribution >= 4 is 29.2 Å². The highest BCUT2D eigenvalue weighted by Gasteiger charge is 2.23. The van der Waals surface area contributed by atoms with Gasteiger partial charge in [0.25, 0.3) is 6.47 Å². The molecule has 2 unspecified atom stereocenters. The SMILES string of the molecule is CC.CC.CC(C)N=NN(C)CC(CNc1ccc(-c2ccc(C3=NOC(CO)C3)s2)c(F)c1)OC=O. The van der Waals surface area contributed by atoms with Crippen LogP contribution in [0.3, 0.4) is 0 Å². The van der Waals surface area contributed by atoms with Gasteiger partial charge in [0.05, 0.1) is 30.6 Å². The van der Waals surface area contributed by atoms with Crippen molar-refractivity contribution in [2.75, 3.05) is 32.1 Å². The largest absolute Gasteiger partial charge is 0.461 e. The van der Waals surface area contributed by atoms with E-state index in [9.17, 15) is 14.3 Å². The van der Waals surface area contributed by atoms with E-state index < -0.39 is 6.10 Å². The van der Waals surface area contributed by atoms with Gasteiger partial charge in [0, 0.05) is 29.6 Å². The van der Waals surface area contributed by atoms with Crippen LogP contribution in [-0.2, 0) is 14.4 Å². The second kappa shape index (κ2) is 17.4.